The van der Waals surface area contributed by atoms with Crippen molar-refractivity contribution < 1.29 is 4.39 Å². The average Bonchev–Trinajstić information content (AvgIpc) is 2.10. The molecule has 0 spiro atoms. The van der Waals surface area contributed by atoms with E-state index >= 15 is 0 Å². The van der Waals surface area contributed by atoms with Crippen molar-refractivity contribution in [1.29, 1.82) is 0 Å². The van der Waals surface area contributed by atoms with Crippen molar-refractivity contribution in [1.82, 2.24) is 0 Å². The van der Waals surface area contributed by atoms with Gasteiger partial charge in [0.2, 0.25) is 0 Å². The molecule has 1 rings (SSSR count). The highest BCUT2D eigenvalue weighted by atomic mass is 79.9. The Labute approximate surface area is 80.2 Å². The molecule has 0 bridgehead atoms. The molecule has 0 aromatic heterocycles. The molecule has 1 aromatic carbocycles. The van der Waals surface area contributed by atoms with Crippen LogP contribution in [0.25, 0.3) is 0 Å². The third kappa shape index (κ3) is 2.18. The van der Waals surface area contributed by atoms with Gasteiger partial charge in [-0.15, -0.1) is 6.58 Å². The number of allylic oxidation sites excluding steroid dienone is 1. The van der Waals surface area contributed by atoms with Gasteiger partial charge in [-0.25, -0.2) is 4.39 Å². The van der Waals surface area contributed by atoms with Crippen LogP contribution in [-0.4, -0.2) is 5.33 Å². The van der Waals surface area contributed by atoms with Crippen LogP contribution in [-0.2, 0) is 0 Å². The number of benzene rings is 1. The molecule has 0 saturated heterocycles. The smallest absolute Gasteiger partial charge is 0.123 e. The summed E-state index contributed by atoms with van der Waals surface area (Å²) in [6.07, 6.45) is 1.85. The van der Waals surface area contributed by atoms with Gasteiger partial charge in [0.25, 0.3) is 0 Å². The Morgan fingerprint density at radius 1 is 1.42 bits per heavy atom. The Balaban J connectivity index is 2.87. The summed E-state index contributed by atoms with van der Waals surface area (Å²) in [6, 6.07) is 6.49. The summed E-state index contributed by atoms with van der Waals surface area (Å²) < 4.78 is 12.5. The normalized spacial score (nSPS) is 12.5. The van der Waals surface area contributed by atoms with E-state index in [1.54, 1.807) is 12.1 Å². The summed E-state index contributed by atoms with van der Waals surface area (Å²) in [5, 5.41) is 0.822. The second-order valence-electron chi connectivity index (χ2n) is 2.55. The molecule has 0 radical (unpaired) electrons. The van der Waals surface area contributed by atoms with Crippen LogP contribution in [0.5, 0.6) is 0 Å². The van der Waals surface area contributed by atoms with Crippen molar-refractivity contribution in [3.05, 3.63) is 48.3 Å². The number of halogens is 2. The van der Waals surface area contributed by atoms with Crippen molar-refractivity contribution >= 4 is 15.9 Å². The lowest BCUT2D eigenvalue weighted by atomic mass is 10.0. The Kier molecular flexibility index (Phi) is 3.48. The van der Waals surface area contributed by atoms with Gasteiger partial charge >= 0.3 is 0 Å². The Morgan fingerprint density at radius 3 is 2.42 bits per heavy atom. The molecule has 0 fully saturated rings. The van der Waals surface area contributed by atoms with E-state index < -0.39 is 0 Å². The molecule has 0 aliphatic rings. The van der Waals surface area contributed by atoms with Crippen LogP contribution in [0.15, 0.2) is 36.9 Å². The van der Waals surface area contributed by atoms with Crippen LogP contribution in [0.1, 0.15) is 11.5 Å². The van der Waals surface area contributed by atoms with Gasteiger partial charge in [0.05, 0.1) is 0 Å². The van der Waals surface area contributed by atoms with Gasteiger partial charge < -0.3 is 0 Å². The first kappa shape index (κ1) is 9.46. The van der Waals surface area contributed by atoms with Gasteiger partial charge in [0.15, 0.2) is 0 Å². The molecule has 12 heavy (non-hydrogen) atoms. The highest BCUT2D eigenvalue weighted by molar-refractivity contribution is 9.09. The van der Waals surface area contributed by atoms with Gasteiger partial charge in [-0.05, 0) is 17.7 Å². The highest BCUT2D eigenvalue weighted by Gasteiger charge is 2.04. The molecule has 0 N–H and O–H groups in total. The number of alkyl halides is 1. The van der Waals surface area contributed by atoms with Crippen LogP contribution in [0.3, 0.4) is 0 Å². The second kappa shape index (κ2) is 4.41. The highest BCUT2D eigenvalue weighted by Crippen LogP contribution is 2.19. The maximum absolute atomic E-state index is 12.5. The van der Waals surface area contributed by atoms with Crippen molar-refractivity contribution in [2.24, 2.45) is 0 Å². The summed E-state index contributed by atoms with van der Waals surface area (Å²) >= 11 is 3.37. The summed E-state index contributed by atoms with van der Waals surface area (Å²) in [7, 11) is 0. The summed E-state index contributed by atoms with van der Waals surface area (Å²) in [5.74, 6) is 0.0711. The molecule has 0 nitrogen and oxygen atoms in total. The van der Waals surface area contributed by atoms with Gasteiger partial charge in [-0.3, -0.25) is 0 Å². The first-order valence-electron chi connectivity index (χ1n) is 3.72. The number of rotatable bonds is 3. The van der Waals surface area contributed by atoms with E-state index in [2.05, 4.69) is 22.5 Å². The molecule has 0 aliphatic carbocycles. The molecular weight excluding hydrogens is 219 g/mol. The molecule has 1 atom stereocenters. The Bertz CT molecular complexity index is 253. The standard InChI is InChI=1S/C10H10BrF/c1-2-8(7-11)9-3-5-10(12)6-4-9/h2-6,8H,1,7H2/t8-/m0/s1. The summed E-state index contributed by atoms with van der Waals surface area (Å²) in [6.45, 7) is 3.71. The van der Waals surface area contributed by atoms with E-state index in [1.165, 1.54) is 12.1 Å². The quantitative estimate of drug-likeness (QED) is 0.549. The Morgan fingerprint density at radius 2 is 2.00 bits per heavy atom. The molecular formula is C10H10BrF. The van der Waals surface area contributed by atoms with E-state index in [0.29, 0.717) is 0 Å². The number of hydrogen-bond donors (Lipinski definition) is 0. The fourth-order valence-corrected chi connectivity index (χ4v) is 1.64. The minimum absolute atomic E-state index is 0.198. The third-order valence-corrected chi connectivity index (χ3v) is 2.45. The van der Waals surface area contributed by atoms with E-state index in [-0.39, 0.29) is 11.7 Å². The fourth-order valence-electron chi connectivity index (χ4n) is 0.998. The van der Waals surface area contributed by atoms with Crippen molar-refractivity contribution in [2.45, 2.75) is 5.92 Å². The minimum atomic E-state index is -0.198. The average molecular weight is 229 g/mol. The van der Waals surface area contributed by atoms with E-state index in [0.717, 1.165) is 10.9 Å². The molecule has 0 aliphatic heterocycles. The lowest BCUT2D eigenvalue weighted by Gasteiger charge is -2.07. The maximum Gasteiger partial charge on any atom is 0.123 e. The lowest BCUT2D eigenvalue weighted by Crippen LogP contribution is -1.95. The molecule has 1 aromatic rings. The first-order chi connectivity index (χ1) is 5.77. The van der Waals surface area contributed by atoms with Crippen molar-refractivity contribution in [2.75, 3.05) is 5.33 Å². The van der Waals surface area contributed by atoms with Gasteiger partial charge in [-0.1, -0.05) is 34.1 Å². The third-order valence-electron chi connectivity index (χ3n) is 1.75. The van der Waals surface area contributed by atoms with Gasteiger partial charge in [0, 0.05) is 11.2 Å². The van der Waals surface area contributed by atoms with Gasteiger partial charge in [-0.2, -0.15) is 0 Å². The summed E-state index contributed by atoms with van der Waals surface area (Å²) in [4.78, 5) is 0. The largest absolute Gasteiger partial charge is 0.207 e. The van der Waals surface area contributed by atoms with Crippen LogP contribution in [0, 0.1) is 5.82 Å². The molecule has 64 valence electrons. The molecule has 0 unspecified atom stereocenters. The maximum atomic E-state index is 12.5. The topological polar surface area (TPSA) is 0 Å². The van der Waals surface area contributed by atoms with Crippen molar-refractivity contribution in [3.8, 4) is 0 Å². The van der Waals surface area contributed by atoms with Crippen LogP contribution in [0.2, 0.25) is 0 Å². The van der Waals surface area contributed by atoms with Crippen molar-refractivity contribution in [3.63, 3.8) is 0 Å². The molecule has 0 saturated carbocycles. The molecule has 0 heterocycles. The molecule has 2 heteroatoms. The lowest BCUT2D eigenvalue weighted by molar-refractivity contribution is 0.627. The Hall–Kier alpha value is -0.630. The van der Waals surface area contributed by atoms with Crippen LogP contribution < -0.4 is 0 Å². The predicted molar refractivity (Wildman–Crippen MR) is 53.1 cm³/mol. The van der Waals surface area contributed by atoms with E-state index in [1.807, 2.05) is 6.08 Å². The van der Waals surface area contributed by atoms with Crippen LogP contribution in [0.4, 0.5) is 4.39 Å². The summed E-state index contributed by atoms with van der Waals surface area (Å²) in [5.41, 5.74) is 1.09. The monoisotopic (exact) mass is 228 g/mol. The predicted octanol–water partition coefficient (Wildman–Crippen LogP) is 3.49. The van der Waals surface area contributed by atoms with Crippen LogP contribution >= 0.6 is 15.9 Å². The zero-order chi connectivity index (χ0) is 8.97. The number of hydrogen-bond acceptors (Lipinski definition) is 0. The first-order valence-corrected chi connectivity index (χ1v) is 4.84. The zero-order valence-corrected chi connectivity index (χ0v) is 8.22. The second-order valence-corrected chi connectivity index (χ2v) is 3.20. The molecule has 0 amide bonds. The fraction of sp³-hybridized carbons (Fsp3) is 0.200. The minimum Gasteiger partial charge on any atom is -0.207 e. The SMILES string of the molecule is C=C[C@@H](CBr)c1ccc(F)cc1. The van der Waals surface area contributed by atoms with E-state index in [4.69, 9.17) is 0 Å². The van der Waals surface area contributed by atoms with E-state index in [9.17, 15) is 4.39 Å². The zero-order valence-electron chi connectivity index (χ0n) is 6.63. The van der Waals surface area contributed by atoms with Gasteiger partial charge in [0.1, 0.15) is 5.82 Å².